The highest BCUT2D eigenvalue weighted by Crippen LogP contribution is 2.24. The summed E-state index contributed by atoms with van der Waals surface area (Å²) in [5, 5.41) is 6.67. The first-order valence-electron chi connectivity index (χ1n) is 13.7. The van der Waals surface area contributed by atoms with Gasteiger partial charge >= 0.3 is 11.9 Å². The third kappa shape index (κ3) is 9.04. The van der Waals surface area contributed by atoms with Crippen LogP contribution in [-0.2, 0) is 19.1 Å². The molecule has 2 atom stereocenters. The fourth-order valence-corrected chi connectivity index (χ4v) is 3.97. The Morgan fingerprint density at radius 2 is 1.71 bits per heavy atom. The molecule has 11 heteroatoms. The predicted octanol–water partition coefficient (Wildman–Crippen LogP) is 5.49. The summed E-state index contributed by atoms with van der Waals surface area (Å²) in [6.45, 7) is 11.1. The molecule has 0 radical (unpaired) electrons. The second kappa shape index (κ2) is 14.6. The van der Waals surface area contributed by atoms with Gasteiger partial charge in [-0.05, 0) is 42.7 Å². The van der Waals surface area contributed by atoms with E-state index in [1.165, 1.54) is 0 Å². The molecular weight excluding hydrogens is 546 g/mol. The number of halogens is 1. The van der Waals surface area contributed by atoms with Crippen LogP contribution in [0.1, 0.15) is 68.7 Å². The van der Waals surface area contributed by atoms with Crippen molar-refractivity contribution in [1.82, 2.24) is 20.3 Å². The standard InChI is InChI=1S/C30H38ClN5O5/c1-7-23(15-40-28(38)17(2)3)34-30-33-13-19(6)26(36-30)21-12-24(32-14-21)27(37)35-25(16-41-29(39)18(4)5)20-9-8-10-22(31)11-20/h8-14,17-18,23,25,32H,7,15-16H2,1-6H3,(H,35,37)(H,33,34,36)/t23-,25-/m1/s1. The van der Waals surface area contributed by atoms with Crippen LogP contribution in [-0.4, -0.2) is 52.1 Å². The first kappa shape index (κ1) is 31.6. The molecule has 0 aliphatic rings. The molecule has 0 spiro atoms. The molecule has 2 heterocycles. The molecule has 1 aromatic carbocycles. The number of benzene rings is 1. The van der Waals surface area contributed by atoms with Crippen molar-refractivity contribution in [2.24, 2.45) is 11.8 Å². The molecule has 3 aromatic rings. The van der Waals surface area contributed by atoms with Crippen molar-refractivity contribution < 1.29 is 23.9 Å². The lowest BCUT2D eigenvalue weighted by atomic mass is 10.1. The van der Waals surface area contributed by atoms with Crippen molar-refractivity contribution in [2.45, 2.75) is 60.0 Å². The average Bonchev–Trinajstić information content (AvgIpc) is 3.43. The van der Waals surface area contributed by atoms with E-state index in [0.717, 1.165) is 5.56 Å². The number of anilines is 1. The van der Waals surface area contributed by atoms with E-state index in [2.05, 4.69) is 25.6 Å². The highest BCUT2D eigenvalue weighted by atomic mass is 35.5. The summed E-state index contributed by atoms with van der Waals surface area (Å²) in [7, 11) is 0. The van der Waals surface area contributed by atoms with Crippen LogP contribution in [0.2, 0.25) is 5.02 Å². The van der Waals surface area contributed by atoms with Crippen molar-refractivity contribution in [2.75, 3.05) is 18.5 Å². The summed E-state index contributed by atoms with van der Waals surface area (Å²) in [6.07, 6.45) is 4.10. The van der Waals surface area contributed by atoms with E-state index in [4.69, 9.17) is 21.1 Å². The number of hydrogen-bond donors (Lipinski definition) is 3. The van der Waals surface area contributed by atoms with Gasteiger partial charge in [0.15, 0.2) is 0 Å². The molecule has 0 aliphatic heterocycles. The predicted molar refractivity (Wildman–Crippen MR) is 158 cm³/mol. The Morgan fingerprint density at radius 3 is 2.34 bits per heavy atom. The molecule has 3 rings (SSSR count). The van der Waals surface area contributed by atoms with E-state index >= 15 is 0 Å². The van der Waals surface area contributed by atoms with Crippen LogP contribution in [0.4, 0.5) is 5.95 Å². The van der Waals surface area contributed by atoms with Crippen LogP contribution in [0.15, 0.2) is 42.7 Å². The zero-order valence-electron chi connectivity index (χ0n) is 24.3. The van der Waals surface area contributed by atoms with Gasteiger partial charge in [0, 0.05) is 23.0 Å². The molecule has 0 saturated heterocycles. The second-order valence-electron chi connectivity index (χ2n) is 10.4. The Balaban J connectivity index is 1.75. The lowest BCUT2D eigenvalue weighted by Gasteiger charge is -2.20. The number of amides is 1. The topological polar surface area (TPSA) is 135 Å². The van der Waals surface area contributed by atoms with Crippen molar-refractivity contribution >= 4 is 35.4 Å². The normalized spacial score (nSPS) is 12.6. The first-order valence-corrected chi connectivity index (χ1v) is 14.0. The Kier molecular flexibility index (Phi) is 11.3. The molecule has 0 saturated carbocycles. The quantitative estimate of drug-likeness (QED) is 0.225. The summed E-state index contributed by atoms with van der Waals surface area (Å²) in [5.74, 6) is -1.12. The summed E-state index contributed by atoms with van der Waals surface area (Å²) in [5.41, 5.74) is 3.17. The zero-order chi connectivity index (χ0) is 30.1. The van der Waals surface area contributed by atoms with Crippen LogP contribution < -0.4 is 10.6 Å². The van der Waals surface area contributed by atoms with E-state index in [-0.39, 0.29) is 48.9 Å². The van der Waals surface area contributed by atoms with Gasteiger partial charge in [-0.25, -0.2) is 9.97 Å². The molecule has 220 valence electrons. The molecule has 0 aliphatic carbocycles. The van der Waals surface area contributed by atoms with Crippen LogP contribution in [0.5, 0.6) is 0 Å². The number of esters is 2. The number of rotatable bonds is 13. The monoisotopic (exact) mass is 583 g/mol. The smallest absolute Gasteiger partial charge is 0.308 e. The Labute approximate surface area is 245 Å². The van der Waals surface area contributed by atoms with Crippen molar-refractivity contribution in [1.29, 1.82) is 0 Å². The molecular formula is C30H38ClN5O5. The number of nitrogens with one attached hydrogen (secondary N) is 3. The van der Waals surface area contributed by atoms with E-state index < -0.39 is 6.04 Å². The maximum atomic E-state index is 13.2. The summed E-state index contributed by atoms with van der Waals surface area (Å²) in [6, 6.07) is 7.97. The molecule has 3 N–H and O–H groups in total. The molecule has 0 bridgehead atoms. The van der Waals surface area contributed by atoms with Gasteiger partial charge in [-0.2, -0.15) is 0 Å². The Bertz CT molecular complexity index is 1360. The summed E-state index contributed by atoms with van der Waals surface area (Å²) < 4.78 is 10.8. The molecule has 10 nitrogen and oxygen atoms in total. The van der Waals surface area contributed by atoms with Gasteiger partial charge in [0.05, 0.1) is 29.6 Å². The number of H-pyrrole nitrogens is 1. The van der Waals surface area contributed by atoms with Gasteiger partial charge in [0.1, 0.15) is 18.9 Å². The number of aromatic nitrogens is 3. The van der Waals surface area contributed by atoms with E-state index in [1.54, 1.807) is 64.4 Å². The fourth-order valence-electron chi connectivity index (χ4n) is 3.77. The van der Waals surface area contributed by atoms with Gasteiger partial charge in [0.2, 0.25) is 5.95 Å². The minimum atomic E-state index is -0.608. The molecule has 1 amide bonds. The van der Waals surface area contributed by atoms with Crippen molar-refractivity contribution in [3.8, 4) is 11.3 Å². The third-order valence-electron chi connectivity index (χ3n) is 6.32. The van der Waals surface area contributed by atoms with Gasteiger partial charge in [-0.3, -0.25) is 14.4 Å². The van der Waals surface area contributed by atoms with E-state index in [1.807, 2.05) is 19.9 Å². The van der Waals surface area contributed by atoms with Crippen LogP contribution in [0, 0.1) is 18.8 Å². The van der Waals surface area contributed by atoms with Gasteiger partial charge in [-0.1, -0.05) is 58.4 Å². The third-order valence-corrected chi connectivity index (χ3v) is 6.55. The number of aromatic amines is 1. The maximum absolute atomic E-state index is 13.2. The van der Waals surface area contributed by atoms with E-state index in [9.17, 15) is 14.4 Å². The average molecular weight is 584 g/mol. The second-order valence-corrected chi connectivity index (χ2v) is 10.9. The van der Waals surface area contributed by atoms with Gasteiger partial charge in [-0.15, -0.1) is 0 Å². The minimum Gasteiger partial charge on any atom is -0.463 e. The number of carbonyl (C=O) groups is 3. The lowest BCUT2D eigenvalue weighted by molar-refractivity contribution is -0.148. The van der Waals surface area contributed by atoms with Crippen LogP contribution in [0.3, 0.4) is 0 Å². The molecule has 0 unspecified atom stereocenters. The van der Waals surface area contributed by atoms with Gasteiger partial charge in [0.25, 0.3) is 5.91 Å². The summed E-state index contributed by atoms with van der Waals surface area (Å²) in [4.78, 5) is 49.3. The summed E-state index contributed by atoms with van der Waals surface area (Å²) >= 11 is 6.17. The Hall–Kier alpha value is -3.92. The number of hydrogen-bond acceptors (Lipinski definition) is 8. The molecule has 41 heavy (non-hydrogen) atoms. The van der Waals surface area contributed by atoms with Crippen molar-refractivity contribution in [3.05, 3.63) is 64.6 Å². The largest absolute Gasteiger partial charge is 0.463 e. The highest BCUT2D eigenvalue weighted by molar-refractivity contribution is 6.30. The van der Waals surface area contributed by atoms with Gasteiger partial charge < -0.3 is 25.1 Å². The van der Waals surface area contributed by atoms with Crippen molar-refractivity contribution in [3.63, 3.8) is 0 Å². The minimum absolute atomic E-state index is 0.0399. The maximum Gasteiger partial charge on any atom is 0.308 e. The zero-order valence-corrected chi connectivity index (χ0v) is 25.0. The van der Waals surface area contributed by atoms with Crippen LogP contribution in [0.25, 0.3) is 11.3 Å². The number of aryl methyl sites for hydroxylation is 1. The van der Waals surface area contributed by atoms with Crippen LogP contribution >= 0.6 is 11.6 Å². The lowest BCUT2D eigenvalue weighted by Crippen LogP contribution is -2.33. The fraction of sp³-hybridized carbons (Fsp3) is 0.433. The molecule has 2 aromatic heterocycles. The Morgan fingerprint density at radius 1 is 1.02 bits per heavy atom. The molecule has 0 fully saturated rings. The SMILES string of the molecule is CC[C@H](COC(=O)C(C)C)Nc1ncc(C)c(-c2c[nH]c(C(=O)N[C@H](COC(=O)C(C)C)c3cccc(Cl)c3)c2)n1. The highest BCUT2D eigenvalue weighted by Gasteiger charge is 2.21. The van der Waals surface area contributed by atoms with E-state index in [0.29, 0.717) is 39.9 Å². The number of ether oxygens (including phenoxy) is 2. The first-order chi connectivity index (χ1) is 19.5. The number of nitrogens with zero attached hydrogens (tertiary/aromatic N) is 2. The number of carbonyl (C=O) groups excluding carboxylic acids is 3.